The first-order chi connectivity index (χ1) is 11.8. The number of urea groups is 1. The van der Waals surface area contributed by atoms with Crippen molar-refractivity contribution in [1.29, 1.82) is 0 Å². The van der Waals surface area contributed by atoms with Crippen molar-refractivity contribution in [2.75, 3.05) is 38.0 Å². The molecule has 1 aromatic rings. The highest BCUT2D eigenvalue weighted by atomic mass is 35.5. The molecule has 1 aromatic carbocycles. The van der Waals surface area contributed by atoms with Crippen LogP contribution in [0, 0.1) is 6.92 Å². The Kier molecular flexibility index (Phi) is 6.41. The lowest BCUT2D eigenvalue weighted by molar-refractivity contribution is -0.135. The molecule has 2 saturated heterocycles. The zero-order valence-electron chi connectivity index (χ0n) is 14.5. The maximum atomic E-state index is 13.2. The van der Waals surface area contributed by atoms with Gasteiger partial charge in [-0.15, -0.1) is 12.4 Å². The van der Waals surface area contributed by atoms with E-state index in [4.69, 9.17) is 0 Å². The van der Waals surface area contributed by atoms with E-state index < -0.39 is 24.9 Å². The predicted molar refractivity (Wildman–Crippen MR) is 97.0 cm³/mol. The van der Waals surface area contributed by atoms with Crippen molar-refractivity contribution in [3.8, 4) is 0 Å². The third kappa shape index (κ3) is 4.82. The molecule has 0 aliphatic carbocycles. The van der Waals surface area contributed by atoms with Gasteiger partial charge in [-0.2, -0.15) is 0 Å². The number of amides is 3. The van der Waals surface area contributed by atoms with Gasteiger partial charge in [-0.1, -0.05) is 12.1 Å². The van der Waals surface area contributed by atoms with Gasteiger partial charge in [0.25, 0.3) is 5.92 Å². The summed E-state index contributed by atoms with van der Waals surface area (Å²) in [5.74, 6) is -3.13. The Morgan fingerprint density at radius 1 is 1.19 bits per heavy atom. The van der Waals surface area contributed by atoms with Crippen LogP contribution >= 0.6 is 12.4 Å². The van der Waals surface area contributed by atoms with E-state index in [0.717, 1.165) is 11.3 Å². The SMILES string of the molecule is Cc1cccc(NC(=O)N2CCN(C(=O)C3CC(F)(F)CN3)CC2)c1.Cl. The van der Waals surface area contributed by atoms with Crippen LogP contribution in [-0.4, -0.2) is 66.4 Å². The van der Waals surface area contributed by atoms with Crippen molar-refractivity contribution in [3.63, 3.8) is 0 Å². The largest absolute Gasteiger partial charge is 0.338 e. The van der Waals surface area contributed by atoms with Crippen LogP contribution in [0.3, 0.4) is 0 Å². The van der Waals surface area contributed by atoms with Gasteiger partial charge in [0, 0.05) is 38.3 Å². The molecule has 3 amide bonds. The molecule has 0 spiro atoms. The minimum Gasteiger partial charge on any atom is -0.338 e. The molecule has 26 heavy (non-hydrogen) atoms. The zero-order valence-corrected chi connectivity index (χ0v) is 15.3. The summed E-state index contributed by atoms with van der Waals surface area (Å²) >= 11 is 0. The Bertz CT molecular complexity index is 666. The van der Waals surface area contributed by atoms with E-state index in [2.05, 4.69) is 10.6 Å². The van der Waals surface area contributed by atoms with Crippen molar-refractivity contribution >= 4 is 30.0 Å². The second-order valence-corrected chi connectivity index (χ2v) is 6.61. The first-order valence-electron chi connectivity index (χ1n) is 8.37. The number of alkyl halides is 2. The standard InChI is InChI=1S/C17H22F2N4O2.ClH/c1-12-3-2-4-13(9-12)21-16(25)23-7-5-22(6-8-23)15(24)14-10-17(18,19)11-20-14;/h2-4,9,14,20H,5-8,10-11H2,1H3,(H,21,25);1H. The number of carbonyl (C=O) groups is 2. The molecule has 1 unspecified atom stereocenters. The maximum Gasteiger partial charge on any atom is 0.321 e. The molecule has 6 nitrogen and oxygen atoms in total. The first-order valence-corrected chi connectivity index (χ1v) is 8.37. The minimum absolute atomic E-state index is 0. The molecule has 0 aromatic heterocycles. The molecule has 2 fully saturated rings. The van der Waals surface area contributed by atoms with Crippen LogP contribution in [-0.2, 0) is 4.79 Å². The minimum atomic E-state index is -2.82. The Balaban J connectivity index is 0.00000243. The number of anilines is 1. The number of halogens is 3. The van der Waals surface area contributed by atoms with Gasteiger partial charge in [0.2, 0.25) is 5.91 Å². The number of hydrogen-bond donors (Lipinski definition) is 2. The van der Waals surface area contributed by atoms with E-state index in [1.807, 2.05) is 31.2 Å². The summed E-state index contributed by atoms with van der Waals surface area (Å²) in [5, 5.41) is 5.42. The Labute approximate surface area is 157 Å². The Morgan fingerprint density at radius 3 is 2.42 bits per heavy atom. The summed E-state index contributed by atoms with van der Waals surface area (Å²) in [5.41, 5.74) is 1.77. The van der Waals surface area contributed by atoms with Crippen LogP contribution in [0.2, 0.25) is 0 Å². The van der Waals surface area contributed by atoms with Crippen LogP contribution in [0.25, 0.3) is 0 Å². The van der Waals surface area contributed by atoms with Crippen LogP contribution < -0.4 is 10.6 Å². The number of rotatable bonds is 2. The molecule has 144 valence electrons. The molecule has 9 heteroatoms. The summed E-state index contributed by atoms with van der Waals surface area (Å²) in [6, 6.07) is 6.46. The van der Waals surface area contributed by atoms with Gasteiger partial charge >= 0.3 is 6.03 Å². The quantitative estimate of drug-likeness (QED) is 0.815. The Hall–Kier alpha value is -1.93. The summed E-state index contributed by atoms with van der Waals surface area (Å²) in [6.45, 7) is 2.95. The summed E-state index contributed by atoms with van der Waals surface area (Å²) in [4.78, 5) is 27.8. The molecule has 3 rings (SSSR count). The molecular formula is C17H23ClF2N4O2. The third-order valence-corrected chi connectivity index (χ3v) is 4.56. The maximum absolute atomic E-state index is 13.2. The van der Waals surface area contributed by atoms with E-state index in [1.165, 1.54) is 0 Å². The zero-order chi connectivity index (χ0) is 18.0. The fourth-order valence-electron chi connectivity index (χ4n) is 3.17. The molecule has 2 N–H and O–H groups in total. The topological polar surface area (TPSA) is 64.7 Å². The second kappa shape index (κ2) is 8.18. The fraction of sp³-hybridized carbons (Fsp3) is 0.529. The lowest BCUT2D eigenvalue weighted by Gasteiger charge is -2.35. The molecule has 0 saturated carbocycles. The van der Waals surface area contributed by atoms with Crippen molar-refractivity contribution in [2.24, 2.45) is 0 Å². The van der Waals surface area contributed by atoms with E-state index in [0.29, 0.717) is 26.2 Å². The fourth-order valence-corrected chi connectivity index (χ4v) is 3.17. The highest BCUT2D eigenvalue weighted by Gasteiger charge is 2.43. The summed E-state index contributed by atoms with van der Waals surface area (Å²) < 4.78 is 26.5. The van der Waals surface area contributed by atoms with Gasteiger partial charge in [-0.3, -0.25) is 10.1 Å². The van der Waals surface area contributed by atoms with Crippen molar-refractivity contribution in [1.82, 2.24) is 15.1 Å². The monoisotopic (exact) mass is 388 g/mol. The van der Waals surface area contributed by atoms with Gasteiger partial charge in [0.1, 0.15) is 0 Å². The van der Waals surface area contributed by atoms with Crippen LogP contribution in [0.5, 0.6) is 0 Å². The molecule has 1 atom stereocenters. The van der Waals surface area contributed by atoms with Crippen LogP contribution in [0.4, 0.5) is 19.3 Å². The Morgan fingerprint density at radius 2 is 1.85 bits per heavy atom. The average molecular weight is 389 g/mol. The highest BCUT2D eigenvalue weighted by molar-refractivity contribution is 5.89. The number of carbonyl (C=O) groups excluding carboxylic acids is 2. The van der Waals surface area contributed by atoms with E-state index in [1.54, 1.807) is 9.80 Å². The van der Waals surface area contributed by atoms with E-state index in [9.17, 15) is 18.4 Å². The summed E-state index contributed by atoms with van der Waals surface area (Å²) in [7, 11) is 0. The number of piperazine rings is 1. The van der Waals surface area contributed by atoms with Gasteiger partial charge in [0.05, 0.1) is 12.6 Å². The van der Waals surface area contributed by atoms with E-state index >= 15 is 0 Å². The van der Waals surface area contributed by atoms with Crippen LogP contribution in [0.1, 0.15) is 12.0 Å². The summed E-state index contributed by atoms with van der Waals surface area (Å²) in [6.07, 6.45) is -0.458. The molecule has 2 heterocycles. The second-order valence-electron chi connectivity index (χ2n) is 6.61. The number of hydrogen-bond acceptors (Lipinski definition) is 3. The van der Waals surface area contributed by atoms with Gasteiger partial charge < -0.3 is 15.1 Å². The smallest absolute Gasteiger partial charge is 0.321 e. The molecule has 2 aliphatic rings. The third-order valence-electron chi connectivity index (χ3n) is 4.56. The first kappa shape index (κ1) is 20.4. The van der Waals surface area contributed by atoms with Crippen LogP contribution in [0.15, 0.2) is 24.3 Å². The molecule has 0 radical (unpaired) electrons. The van der Waals surface area contributed by atoms with E-state index in [-0.39, 0.29) is 24.3 Å². The highest BCUT2D eigenvalue weighted by Crippen LogP contribution is 2.26. The molecular weight excluding hydrogens is 366 g/mol. The average Bonchev–Trinajstić information content (AvgIpc) is 2.94. The predicted octanol–water partition coefficient (Wildman–Crippen LogP) is 2.09. The lowest BCUT2D eigenvalue weighted by atomic mass is 10.1. The van der Waals surface area contributed by atoms with Gasteiger partial charge in [0.15, 0.2) is 0 Å². The van der Waals surface area contributed by atoms with Crippen molar-refractivity contribution in [3.05, 3.63) is 29.8 Å². The normalized spacial score (nSPS) is 21.9. The number of benzene rings is 1. The van der Waals surface area contributed by atoms with Gasteiger partial charge in [-0.05, 0) is 24.6 Å². The number of aryl methyl sites for hydroxylation is 1. The number of nitrogens with zero attached hydrogens (tertiary/aromatic N) is 2. The van der Waals surface area contributed by atoms with Gasteiger partial charge in [-0.25, -0.2) is 13.6 Å². The van der Waals surface area contributed by atoms with Crippen molar-refractivity contribution < 1.29 is 18.4 Å². The number of nitrogens with one attached hydrogen (secondary N) is 2. The van der Waals surface area contributed by atoms with Crippen molar-refractivity contribution in [2.45, 2.75) is 25.3 Å². The lowest BCUT2D eigenvalue weighted by Crippen LogP contribution is -2.54. The molecule has 2 aliphatic heterocycles. The molecule has 0 bridgehead atoms.